The van der Waals surface area contributed by atoms with Gasteiger partial charge in [-0.1, -0.05) is 54.4 Å². The topological polar surface area (TPSA) is 86.8 Å². The maximum absolute atomic E-state index is 13.3. The van der Waals surface area contributed by atoms with E-state index < -0.39 is 16.1 Å². The highest BCUT2D eigenvalue weighted by atomic mass is 35.5. The first kappa shape index (κ1) is 28.0. The van der Waals surface area contributed by atoms with Crippen LogP contribution in [-0.2, 0) is 26.2 Å². The minimum atomic E-state index is -3.53. The molecule has 0 heterocycles. The van der Waals surface area contributed by atoms with E-state index in [0.29, 0.717) is 34.3 Å². The third kappa shape index (κ3) is 7.61. The molecule has 0 bridgehead atoms. The van der Waals surface area contributed by atoms with E-state index in [4.69, 9.17) is 23.2 Å². The number of para-hydroxylation sites is 1. The molecule has 2 aromatic carbocycles. The second-order valence-electron chi connectivity index (χ2n) is 7.81. The second-order valence-corrected chi connectivity index (χ2v) is 10.5. The van der Waals surface area contributed by atoms with Crippen LogP contribution in [0.4, 0.5) is 5.69 Å². The number of amides is 2. The number of nitrogens with zero attached hydrogens (tertiary/aromatic N) is 2. The van der Waals surface area contributed by atoms with Gasteiger partial charge < -0.3 is 10.2 Å². The molecule has 0 fully saturated rings. The minimum absolute atomic E-state index is 0.0524. The van der Waals surface area contributed by atoms with Crippen LogP contribution in [-0.4, -0.2) is 50.5 Å². The highest BCUT2D eigenvalue weighted by Gasteiger charge is 2.29. The molecular weight excluding hydrogens is 497 g/mol. The minimum Gasteiger partial charge on any atom is -0.355 e. The van der Waals surface area contributed by atoms with E-state index in [1.54, 1.807) is 48.5 Å². The molecule has 186 valence electrons. The maximum atomic E-state index is 13.3. The molecule has 10 heteroatoms. The van der Waals surface area contributed by atoms with E-state index in [-0.39, 0.29) is 37.7 Å². The van der Waals surface area contributed by atoms with Gasteiger partial charge in [-0.25, -0.2) is 8.42 Å². The van der Waals surface area contributed by atoms with E-state index >= 15 is 0 Å². The number of likely N-dealkylation sites (N-methyl/N-ethyl adjacent to an activating group) is 1. The van der Waals surface area contributed by atoms with E-state index in [1.807, 2.05) is 13.8 Å². The molecule has 1 atom stereocenters. The SMILES string of the molecule is CCNC(=O)[C@@H](CC)N(Cc1c(Cl)cccc1Cl)C(=O)CCCN(c1ccccc1)S(C)(=O)=O. The Morgan fingerprint density at radius 1 is 1.00 bits per heavy atom. The van der Waals surface area contributed by atoms with E-state index in [1.165, 1.54) is 9.21 Å². The van der Waals surface area contributed by atoms with Gasteiger partial charge in [-0.3, -0.25) is 13.9 Å². The van der Waals surface area contributed by atoms with E-state index in [9.17, 15) is 18.0 Å². The Morgan fingerprint density at radius 3 is 2.15 bits per heavy atom. The average molecular weight is 529 g/mol. The van der Waals surface area contributed by atoms with Crippen molar-refractivity contribution in [3.63, 3.8) is 0 Å². The van der Waals surface area contributed by atoms with Crippen LogP contribution in [0, 0.1) is 0 Å². The zero-order valence-corrected chi connectivity index (χ0v) is 22.0. The van der Waals surface area contributed by atoms with Gasteiger partial charge in [-0.2, -0.15) is 0 Å². The van der Waals surface area contributed by atoms with Crippen molar-refractivity contribution in [2.75, 3.05) is 23.7 Å². The summed E-state index contributed by atoms with van der Waals surface area (Å²) in [6.07, 6.45) is 1.87. The number of anilines is 1. The van der Waals surface area contributed by atoms with Crippen molar-refractivity contribution in [1.29, 1.82) is 0 Å². The van der Waals surface area contributed by atoms with Crippen molar-refractivity contribution in [2.45, 2.75) is 45.7 Å². The highest BCUT2D eigenvalue weighted by Crippen LogP contribution is 2.27. The van der Waals surface area contributed by atoms with Gasteiger partial charge in [0.1, 0.15) is 6.04 Å². The predicted molar refractivity (Wildman–Crippen MR) is 138 cm³/mol. The van der Waals surface area contributed by atoms with Crippen molar-refractivity contribution in [1.82, 2.24) is 10.2 Å². The van der Waals surface area contributed by atoms with Gasteiger partial charge in [0.25, 0.3) is 0 Å². The largest absolute Gasteiger partial charge is 0.355 e. The molecule has 0 saturated heterocycles. The van der Waals surface area contributed by atoms with Crippen molar-refractivity contribution in [2.24, 2.45) is 0 Å². The predicted octanol–water partition coefficient (Wildman–Crippen LogP) is 4.48. The molecule has 2 rings (SSSR count). The summed E-state index contributed by atoms with van der Waals surface area (Å²) in [7, 11) is -3.53. The summed E-state index contributed by atoms with van der Waals surface area (Å²) in [5, 5.41) is 3.59. The smallest absolute Gasteiger partial charge is 0.242 e. The van der Waals surface area contributed by atoms with Crippen LogP contribution in [0.3, 0.4) is 0 Å². The van der Waals surface area contributed by atoms with Crippen LogP contribution in [0.1, 0.15) is 38.7 Å². The normalized spacial score (nSPS) is 12.1. The number of halogens is 2. The number of nitrogens with one attached hydrogen (secondary N) is 1. The number of carbonyl (C=O) groups is 2. The summed E-state index contributed by atoms with van der Waals surface area (Å²) >= 11 is 12.7. The second kappa shape index (κ2) is 13.0. The fraction of sp³-hybridized carbons (Fsp3) is 0.417. The van der Waals surface area contributed by atoms with Gasteiger partial charge >= 0.3 is 0 Å². The summed E-state index contributed by atoms with van der Waals surface area (Å²) < 4.78 is 25.9. The summed E-state index contributed by atoms with van der Waals surface area (Å²) in [5.74, 6) is -0.542. The molecule has 0 aliphatic carbocycles. The molecule has 0 unspecified atom stereocenters. The van der Waals surface area contributed by atoms with Gasteiger partial charge in [0.15, 0.2) is 0 Å². The molecule has 0 spiro atoms. The van der Waals surface area contributed by atoms with Crippen molar-refractivity contribution < 1.29 is 18.0 Å². The van der Waals surface area contributed by atoms with Crippen LogP contribution < -0.4 is 9.62 Å². The van der Waals surface area contributed by atoms with Crippen LogP contribution in [0.15, 0.2) is 48.5 Å². The third-order valence-corrected chi connectivity index (χ3v) is 7.23. The van der Waals surface area contributed by atoms with Gasteiger partial charge in [0, 0.05) is 41.7 Å². The summed E-state index contributed by atoms with van der Waals surface area (Å²) in [6.45, 7) is 4.28. The number of carbonyl (C=O) groups excluding carboxylic acids is 2. The van der Waals surface area contributed by atoms with Gasteiger partial charge in [-0.05, 0) is 44.0 Å². The fourth-order valence-corrected chi connectivity index (χ4v) is 5.15. The summed E-state index contributed by atoms with van der Waals surface area (Å²) in [4.78, 5) is 27.5. The van der Waals surface area contributed by atoms with Gasteiger partial charge in [0.05, 0.1) is 11.9 Å². The molecule has 0 saturated carbocycles. The monoisotopic (exact) mass is 527 g/mol. The number of hydrogen-bond acceptors (Lipinski definition) is 4. The number of hydrogen-bond donors (Lipinski definition) is 1. The fourth-order valence-electron chi connectivity index (χ4n) is 3.66. The van der Waals surface area contributed by atoms with E-state index in [2.05, 4.69) is 5.32 Å². The Morgan fingerprint density at radius 2 is 1.62 bits per heavy atom. The molecule has 1 N–H and O–H groups in total. The maximum Gasteiger partial charge on any atom is 0.242 e. The first-order valence-electron chi connectivity index (χ1n) is 11.1. The van der Waals surface area contributed by atoms with Crippen molar-refractivity contribution in [3.05, 3.63) is 64.1 Å². The first-order chi connectivity index (χ1) is 16.1. The number of benzene rings is 2. The lowest BCUT2D eigenvalue weighted by Crippen LogP contribution is -2.49. The zero-order chi connectivity index (χ0) is 25.3. The zero-order valence-electron chi connectivity index (χ0n) is 19.6. The Balaban J connectivity index is 2.24. The average Bonchev–Trinajstić information content (AvgIpc) is 2.78. The standard InChI is InChI=1S/C24H31Cl2N3O4S/c1-4-22(24(31)27-5-2)28(17-19-20(25)13-9-14-21(19)26)23(30)15-10-16-29(34(3,32)33)18-11-7-6-8-12-18/h6-9,11-14,22H,4-5,10,15-17H2,1-3H3,(H,27,31)/t22-/m1/s1. The Hall–Kier alpha value is -2.29. The molecular formula is C24H31Cl2N3O4S. The lowest BCUT2D eigenvalue weighted by atomic mass is 10.1. The molecule has 0 radical (unpaired) electrons. The molecule has 0 aromatic heterocycles. The van der Waals surface area contributed by atoms with Crippen LogP contribution in [0.25, 0.3) is 0 Å². The van der Waals surface area contributed by atoms with Crippen LogP contribution in [0.5, 0.6) is 0 Å². The Labute approximate surface area is 212 Å². The van der Waals surface area contributed by atoms with Gasteiger partial charge in [0.2, 0.25) is 21.8 Å². The Bertz CT molecular complexity index is 1060. The number of sulfonamides is 1. The summed E-state index contributed by atoms with van der Waals surface area (Å²) in [6, 6.07) is 13.1. The summed E-state index contributed by atoms with van der Waals surface area (Å²) in [5.41, 5.74) is 1.09. The van der Waals surface area contributed by atoms with Crippen LogP contribution in [0.2, 0.25) is 10.0 Å². The van der Waals surface area contributed by atoms with Crippen molar-refractivity contribution in [3.8, 4) is 0 Å². The molecule has 2 aromatic rings. The quantitative estimate of drug-likeness (QED) is 0.440. The van der Waals surface area contributed by atoms with Gasteiger partial charge in [-0.15, -0.1) is 0 Å². The molecule has 2 amide bonds. The van der Waals surface area contributed by atoms with Crippen LogP contribution >= 0.6 is 23.2 Å². The van der Waals surface area contributed by atoms with Crippen molar-refractivity contribution >= 4 is 50.7 Å². The third-order valence-electron chi connectivity index (χ3n) is 5.32. The highest BCUT2D eigenvalue weighted by molar-refractivity contribution is 7.92. The van der Waals surface area contributed by atoms with E-state index in [0.717, 1.165) is 6.26 Å². The molecule has 0 aliphatic heterocycles. The molecule has 0 aliphatic rings. The lowest BCUT2D eigenvalue weighted by molar-refractivity contribution is -0.141. The first-order valence-corrected chi connectivity index (χ1v) is 13.7. The number of rotatable bonds is 12. The lowest BCUT2D eigenvalue weighted by Gasteiger charge is -2.31. The Kier molecular flexibility index (Phi) is 10.7. The molecule has 7 nitrogen and oxygen atoms in total. The molecule has 34 heavy (non-hydrogen) atoms.